The van der Waals surface area contributed by atoms with Gasteiger partial charge in [0.25, 0.3) is 11.8 Å². The van der Waals surface area contributed by atoms with Crippen LogP contribution in [0.15, 0.2) is 54.2 Å². The highest BCUT2D eigenvalue weighted by molar-refractivity contribution is 6.30. The van der Waals surface area contributed by atoms with Crippen molar-refractivity contribution >= 4 is 58.7 Å². The lowest BCUT2D eigenvalue weighted by Gasteiger charge is -2.30. The summed E-state index contributed by atoms with van der Waals surface area (Å²) >= 11 is 5.97. The number of nitrogens with zero attached hydrogens (tertiary/aromatic N) is 2. The molecule has 6 N–H and O–H groups in total. The number of fused-ring (bicyclic) bond motifs is 1. The Balaban J connectivity index is 1.66. The van der Waals surface area contributed by atoms with E-state index in [1.807, 2.05) is 0 Å². The van der Waals surface area contributed by atoms with Crippen molar-refractivity contribution in [2.75, 3.05) is 36.2 Å². The topological polar surface area (TPSA) is 198 Å². The number of ether oxygens (including phenoxy) is 1. The minimum absolute atomic E-state index is 0.0132. The third kappa shape index (κ3) is 6.79. The summed E-state index contributed by atoms with van der Waals surface area (Å²) in [5, 5.41) is 37.6. The Labute approximate surface area is 244 Å². The maximum absolute atomic E-state index is 13.9. The predicted octanol–water partition coefficient (Wildman–Crippen LogP) is -0.607. The molecule has 1 unspecified atom stereocenters. The van der Waals surface area contributed by atoms with Crippen LogP contribution in [0.5, 0.6) is 0 Å². The summed E-state index contributed by atoms with van der Waals surface area (Å²) in [6.45, 7) is -1.65. The molecular weight excluding hydrogens is 574 g/mol. The molecule has 3 amide bonds. The zero-order valence-electron chi connectivity index (χ0n) is 22.0. The number of anilines is 2. The molecule has 14 nitrogen and oxygen atoms in total. The molecule has 0 aromatic heterocycles. The van der Waals surface area contributed by atoms with Crippen molar-refractivity contribution in [2.45, 2.75) is 24.7 Å². The lowest BCUT2D eigenvalue weighted by Crippen LogP contribution is -2.56. The van der Waals surface area contributed by atoms with Crippen molar-refractivity contribution in [2.24, 2.45) is 0 Å². The zero-order valence-corrected chi connectivity index (χ0v) is 22.8. The largest absolute Gasteiger partial charge is 0.481 e. The molecule has 0 fully saturated rings. The van der Waals surface area contributed by atoms with E-state index in [-0.39, 0.29) is 42.4 Å². The smallest absolute Gasteiger partial charge is 0.305 e. The first-order valence-corrected chi connectivity index (χ1v) is 13.1. The van der Waals surface area contributed by atoms with Gasteiger partial charge in [0, 0.05) is 17.1 Å². The van der Waals surface area contributed by atoms with Crippen molar-refractivity contribution in [1.82, 2.24) is 16.0 Å². The van der Waals surface area contributed by atoms with Gasteiger partial charge >= 0.3 is 5.97 Å². The van der Waals surface area contributed by atoms with E-state index in [1.54, 1.807) is 42.5 Å². The van der Waals surface area contributed by atoms with Gasteiger partial charge in [-0.15, -0.1) is 0 Å². The van der Waals surface area contributed by atoms with Crippen LogP contribution in [0, 0.1) is 0 Å². The quantitative estimate of drug-likeness (QED) is 0.180. The second-order valence-corrected chi connectivity index (χ2v) is 9.78. The predicted molar refractivity (Wildman–Crippen MR) is 149 cm³/mol. The number of rotatable bonds is 11. The Morgan fingerprint density at radius 3 is 2.48 bits per heavy atom. The van der Waals surface area contributed by atoms with Gasteiger partial charge in [-0.2, -0.15) is 0 Å². The average Bonchev–Trinajstić information content (AvgIpc) is 3.43. The number of carboxylic acids is 1. The van der Waals surface area contributed by atoms with Gasteiger partial charge in [0.15, 0.2) is 12.5 Å². The van der Waals surface area contributed by atoms with E-state index in [1.165, 1.54) is 11.0 Å². The summed E-state index contributed by atoms with van der Waals surface area (Å²) in [4.78, 5) is 64.9. The third-order valence-corrected chi connectivity index (χ3v) is 6.74. The van der Waals surface area contributed by atoms with E-state index < -0.39 is 61.6 Å². The number of carboxylic acid groups (broad SMARTS) is 1. The zero-order chi connectivity index (χ0) is 30.4. The van der Waals surface area contributed by atoms with Gasteiger partial charge in [-0.25, -0.2) is 0 Å². The van der Waals surface area contributed by atoms with E-state index >= 15 is 0 Å². The van der Waals surface area contributed by atoms with Crippen molar-refractivity contribution < 1.29 is 44.0 Å². The Morgan fingerprint density at radius 2 is 1.83 bits per heavy atom. The summed E-state index contributed by atoms with van der Waals surface area (Å²) in [5.74, 6) is -3.39. The molecule has 42 heavy (non-hydrogen) atoms. The minimum Gasteiger partial charge on any atom is -0.481 e. The maximum Gasteiger partial charge on any atom is 0.305 e. The van der Waals surface area contributed by atoms with Gasteiger partial charge in [0.2, 0.25) is 5.91 Å². The molecule has 2 aliphatic rings. The molecule has 0 aliphatic carbocycles. The van der Waals surface area contributed by atoms with Gasteiger partial charge in [0.05, 0.1) is 30.4 Å². The van der Waals surface area contributed by atoms with Crippen LogP contribution in [0.25, 0.3) is 5.76 Å². The number of aliphatic carboxylic acids is 1. The first-order valence-electron chi connectivity index (χ1n) is 12.7. The van der Waals surface area contributed by atoms with Crippen LogP contribution < -0.4 is 25.8 Å². The van der Waals surface area contributed by atoms with E-state index in [9.17, 15) is 34.2 Å². The number of halogens is 1. The molecule has 222 valence electrons. The maximum atomic E-state index is 13.9. The molecule has 0 spiro atoms. The Kier molecular flexibility index (Phi) is 9.62. The number of nitrogens with one attached hydrogen (secondary N) is 3. The molecule has 2 aromatic carbocycles. The van der Waals surface area contributed by atoms with Crippen LogP contribution in [0.2, 0.25) is 5.02 Å². The Morgan fingerprint density at radius 1 is 1.14 bits per heavy atom. The van der Waals surface area contributed by atoms with Crippen LogP contribution in [0.1, 0.15) is 12.0 Å². The van der Waals surface area contributed by atoms with Crippen molar-refractivity contribution in [3.8, 4) is 0 Å². The first kappa shape index (κ1) is 30.3. The van der Waals surface area contributed by atoms with Crippen LogP contribution in [-0.2, 0) is 28.7 Å². The number of carbonyl (C=O) groups excluding carboxylic acids is 4. The number of amides is 3. The fraction of sp³-hybridized carbons (Fsp3) is 0.296. The van der Waals surface area contributed by atoms with Crippen LogP contribution in [0.4, 0.5) is 11.4 Å². The standard InChI is InChI=1S/C27H28ClN5O9/c28-16-7-5-15(6-8-16)25-24(29-14-42-25)26(40)31-18-10-32(22(37)13-35)19-3-1-2-4-20(19)33(27(18)41)11-21(36)30-17(12-34)9-23(38)39/h1-8,12,17-18,22,29,35,37H,9-11,13-14H2,(H,30,36)(H,31,40)(H,38,39)/t17-,18-,22?/m0/s1. The molecule has 2 aromatic rings. The van der Waals surface area contributed by atoms with E-state index in [4.69, 9.17) is 21.4 Å². The normalized spacial score (nSPS) is 17.8. The summed E-state index contributed by atoms with van der Waals surface area (Å²) in [5.41, 5.74) is 1.03. The number of benzene rings is 2. The van der Waals surface area contributed by atoms with Crippen LogP contribution >= 0.6 is 11.6 Å². The highest BCUT2D eigenvalue weighted by Gasteiger charge is 2.38. The molecule has 0 saturated heterocycles. The van der Waals surface area contributed by atoms with E-state index in [0.717, 1.165) is 4.90 Å². The van der Waals surface area contributed by atoms with Crippen LogP contribution in [-0.4, -0.2) is 90.0 Å². The summed E-state index contributed by atoms with van der Waals surface area (Å²) in [6, 6.07) is 10.1. The molecule has 0 saturated carbocycles. The Hall–Kier alpha value is -4.66. The third-order valence-electron chi connectivity index (χ3n) is 6.49. The number of aliphatic hydroxyl groups excluding tert-OH is 2. The minimum atomic E-state index is -1.47. The average molecular weight is 602 g/mol. The van der Waals surface area contributed by atoms with Gasteiger partial charge < -0.3 is 45.7 Å². The van der Waals surface area contributed by atoms with Gasteiger partial charge in [-0.3, -0.25) is 24.1 Å². The number of hydrogen-bond donors (Lipinski definition) is 6. The number of aldehydes is 1. The second kappa shape index (κ2) is 13.3. The number of hydrogen-bond acceptors (Lipinski definition) is 10. The summed E-state index contributed by atoms with van der Waals surface area (Å²) in [7, 11) is 0. The number of carbonyl (C=O) groups is 5. The molecule has 0 radical (unpaired) electrons. The SMILES string of the molecule is O=C[C@H](CC(=O)O)NC(=O)CN1C(=O)[C@@H](NC(=O)C2=C(c3ccc(Cl)cc3)OCN2)CN(C(O)CO)c2ccccc21. The molecule has 2 heterocycles. The van der Waals surface area contributed by atoms with Crippen molar-refractivity contribution in [3.63, 3.8) is 0 Å². The fourth-order valence-electron chi connectivity index (χ4n) is 4.56. The number of para-hydroxylation sites is 2. The van der Waals surface area contributed by atoms with Gasteiger partial charge in [0.1, 0.15) is 30.8 Å². The molecule has 2 aliphatic heterocycles. The Bertz CT molecular complexity index is 1400. The molecule has 0 bridgehead atoms. The van der Waals surface area contributed by atoms with Crippen molar-refractivity contribution in [3.05, 3.63) is 64.8 Å². The highest BCUT2D eigenvalue weighted by Crippen LogP contribution is 2.34. The van der Waals surface area contributed by atoms with Gasteiger partial charge in [-0.1, -0.05) is 23.7 Å². The first-order chi connectivity index (χ1) is 20.1. The summed E-state index contributed by atoms with van der Waals surface area (Å²) in [6.07, 6.45) is -1.86. The van der Waals surface area contributed by atoms with Crippen LogP contribution in [0.3, 0.4) is 0 Å². The molecular formula is C27H28ClN5O9. The highest BCUT2D eigenvalue weighted by atomic mass is 35.5. The monoisotopic (exact) mass is 601 g/mol. The molecule has 3 atom stereocenters. The number of aliphatic hydroxyl groups is 2. The second-order valence-electron chi connectivity index (χ2n) is 9.34. The van der Waals surface area contributed by atoms with Crippen molar-refractivity contribution in [1.29, 1.82) is 0 Å². The molecule has 15 heteroatoms. The van der Waals surface area contributed by atoms with E-state index in [2.05, 4.69) is 16.0 Å². The summed E-state index contributed by atoms with van der Waals surface area (Å²) < 4.78 is 5.59. The molecule has 4 rings (SSSR count). The van der Waals surface area contributed by atoms with E-state index in [0.29, 0.717) is 10.6 Å². The lowest BCUT2D eigenvalue weighted by atomic mass is 10.1. The fourth-order valence-corrected chi connectivity index (χ4v) is 4.69. The van der Waals surface area contributed by atoms with Gasteiger partial charge in [-0.05, 0) is 36.4 Å². The lowest BCUT2D eigenvalue weighted by molar-refractivity contribution is -0.138.